The molecule has 28 heavy (non-hydrogen) atoms. The third-order valence-corrected chi connectivity index (χ3v) is 5.03. The van der Waals surface area contributed by atoms with Gasteiger partial charge in [0, 0.05) is 30.1 Å². The molecule has 0 N–H and O–H groups in total. The highest BCUT2D eigenvalue weighted by Gasteiger charge is 2.19. The number of ether oxygens (including phenoxy) is 2. The molecule has 2 heterocycles. The Kier molecular flexibility index (Phi) is 5.92. The van der Waals surface area contributed by atoms with Gasteiger partial charge in [0.2, 0.25) is 6.36 Å². The van der Waals surface area contributed by atoms with Gasteiger partial charge in [-0.25, -0.2) is 9.07 Å². The predicted octanol–water partition coefficient (Wildman–Crippen LogP) is 4.36. The van der Waals surface area contributed by atoms with Gasteiger partial charge in [0.25, 0.3) is 0 Å². The van der Waals surface area contributed by atoms with Crippen molar-refractivity contribution in [1.29, 1.82) is 0 Å². The van der Waals surface area contributed by atoms with E-state index in [9.17, 15) is 4.39 Å². The normalized spacial score (nSPS) is 20.3. The molecule has 1 aliphatic carbocycles. The fourth-order valence-electron chi connectivity index (χ4n) is 3.21. The average Bonchev–Trinajstić information content (AvgIpc) is 3.44. The minimum Gasteiger partial charge on any atom is -0.460 e. The van der Waals surface area contributed by atoms with Gasteiger partial charge in [0.1, 0.15) is 11.4 Å². The third kappa shape index (κ3) is 4.90. The lowest BCUT2D eigenvalue weighted by atomic mass is 10.1. The van der Waals surface area contributed by atoms with E-state index in [1.165, 1.54) is 19.3 Å². The third-order valence-electron chi connectivity index (χ3n) is 5.03. The van der Waals surface area contributed by atoms with Gasteiger partial charge in [0.05, 0.1) is 18.8 Å². The molecule has 2 aromatic rings. The van der Waals surface area contributed by atoms with Crippen LogP contribution in [-0.4, -0.2) is 34.1 Å². The van der Waals surface area contributed by atoms with Crippen LogP contribution in [0.4, 0.5) is 4.39 Å². The summed E-state index contributed by atoms with van der Waals surface area (Å²) in [6, 6.07) is 5.62. The van der Waals surface area contributed by atoms with Crippen LogP contribution in [0.2, 0.25) is 0 Å². The molecule has 1 aliphatic heterocycles. The minimum atomic E-state index is -1.36. The topological polar surface area (TPSA) is 49.2 Å². The van der Waals surface area contributed by atoms with E-state index in [0.29, 0.717) is 23.9 Å². The van der Waals surface area contributed by atoms with Crippen molar-refractivity contribution in [2.24, 2.45) is 5.92 Å². The number of aromatic nitrogens is 3. The SMILES string of the molecule is CCC(F)Oc1cc(C#CC2CC2)ccc1-c1cn(CC2CCCCO2)nn1. The van der Waals surface area contributed by atoms with E-state index in [-0.39, 0.29) is 12.5 Å². The van der Waals surface area contributed by atoms with Crippen LogP contribution in [0.25, 0.3) is 11.3 Å². The summed E-state index contributed by atoms with van der Waals surface area (Å²) in [6.07, 6.45) is 6.65. The predicted molar refractivity (Wildman–Crippen MR) is 104 cm³/mol. The Hall–Kier alpha value is -2.39. The summed E-state index contributed by atoms with van der Waals surface area (Å²) >= 11 is 0. The van der Waals surface area contributed by atoms with Gasteiger partial charge in [-0.3, -0.25) is 0 Å². The minimum absolute atomic E-state index is 0.175. The number of benzene rings is 1. The van der Waals surface area contributed by atoms with Crippen molar-refractivity contribution in [2.75, 3.05) is 6.61 Å². The zero-order valence-electron chi connectivity index (χ0n) is 16.2. The fraction of sp³-hybridized carbons (Fsp3) is 0.545. The van der Waals surface area contributed by atoms with Crippen LogP contribution < -0.4 is 4.74 Å². The molecule has 2 unspecified atom stereocenters. The van der Waals surface area contributed by atoms with Gasteiger partial charge in [0.15, 0.2) is 0 Å². The summed E-state index contributed by atoms with van der Waals surface area (Å²) in [4.78, 5) is 0. The van der Waals surface area contributed by atoms with Gasteiger partial charge < -0.3 is 9.47 Å². The molecule has 148 valence electrons. The van der Waals surface area contributed by atoms with Gasteiger partial charge in [-0.2, -0.15) is 0 Å². The molecule has 0 amide bonds. The number of nitrogens with zero attached hydrogens (tertiary/aromatic N) is 3. The molecule has 2 fully saturated rings. The van der Waals surface area contributed by atoms with Crippen molar-refractivity contribution in [3.63, 3.8) is 0 Å². The van der Waals surface area contributed by atoms with Crippen molar-refractivity contribution in [3.8, 4) is 28.8 Å². The van der Waals surface area contributed by atoms with Gasteiger partial charge >= 0.3 is 0 Å². The Morgan fingerprint density at radius 1 is 1.32 bits per heavy atom. The molecule has 4 rings (SSSR count). The first kappa shape index (κ1) is 18.9. The maximum absolute atomic E-state index is 14.0. The summed E-state index contributed by atoms with van der Waals surface area (Å²) in [5.41, 5.74) is 2.22. The molecular formula is C22H26FN3O2. The number of hydrogen-bond donors (Lipinski definition) is 0. The molecular weight excluding hydrogens is 357 g/mol. The summed E-state index contributed by atoms with van der Waals surface area (Å²) in [5.74, 6) is 7.36. The molecule has 2 aliphatic rings. The Morgan fingerprint density at radius 3 is 2.96 bits per heavy atom. The van der Waals surface area contributed by atoms with Crippen molar-refractivity contribution >= 4 is 0 Å². The smallest absolute Gasteiger partial charge is 0.238 e. The van der Waals surface area contributed by atoms with E-state index >= 15 is 0 Å². The molecule has 1 aromatic heterocycles. The molecule has 6 heteroatoms. The average molecular weight is 383 g/mol. The quantitative estimate of drug-likeness (QED) is 0.696. The molecule has 0 radical (unpaired) electrons. The van der Waals surface area contributed by atoms with E-state index in [2.05, 4.69) is 22.2 Å². The fourth-order valence-corrected chi connectivity index (χ4v) is 3.21. The summed E-state index contributed by atoms with van der Waals surface area (Å²) < 4.78 is 27.1. The lowest BCUT2D eigenvalue weighted by Gasteiger charge is -2.21. The maximum Gasteiger partial charge on any atom is 0.238 e. The van der Waals surface area contributed by atoms with E-state index < -0.39 is 6.36 Å². The second-order valence-electron chi connectivity index (χ2n) is 7.51. The number of hydrogen-bond acceptors (Lipinski definition) is 4. The Balaban J connectivity index is 1.55. The first-order valence-electron chi connectivity index (χ1n) is 10.2. The molecule has 1 aromatic carbocycles. The molecule has 1 saturated carbocycles. The first-order chi connectivity index (χ1) is 13.7. The summed E-state index contributed by atoms with van der Waals surface area (Å²) in [5, 5.41) is 8.51. The lowest BCUT2D eigenvalue weighted by molar-refractivity contribution is 0.00370. The zero-order chi connectivity index (χ0) is 19.3. The second kappa shape index (κ2) is 8.74. The highest BCUT2D eigenvalue weighted by molar-refractivity contribution is 5.68. The van der Waals surface area contributed by atoms with Crippen LogP contribution in [0.15, 0.2) is 24.4 Å². The summed E-state index contributed by atoms with van der Waals surface area (Å²) in [7, 11) is 0. The maximum atomic E-state index is 14.0. The van der Waals surface area contributed by atoms with E-state index in [1.54, 1.807) is 17.7 Å². The summed E-state index contributed by atoms with van der Waals surface area (Å²) in [6.45, 7) is 3.23. The zero-order valence-corrected chi connectivity index (χ0v) is 16.2. The molecule has 0 bridgehead atoms. The van der Waals surface area contributed by atoms with Gasteiger partial charge in [-0.05, 0) is 50.3 Å². The second-order valence-corrected chi connectivity index (χ2v) is 7.51. The standard InChI is InChI=1S/C22H26FN3O2/c1-2-22(23)28-21-13-17(9-8-16-6-7-16)10-11-19(21)20-15-26(25-24-20)14-18-5-3-4-12-27-18/h10-11,13,15-16,18,22H,2-7,12,14H2,1H3. The van der Waals surface area contributed by atoms with Crippen molar-refractivity contribution in [1.82, 2.24) is 15.0 Å². The molecule has 5 nitrogen and oxygen atoms in total. The monoisotopic (exact) mass is 383 g/mol. The van der Waals surface area contributed by atoms with E-state index in [1.807, 2.05) is 18.3 Å². The molecule has 2 atom stereocenters. The van der Waals surface area contributed by atoms with Crippen molar-refractivity contribution in [3.05, 3.63) is 30.0 Å². The van der Waals surface area contributed by atoms with Gasteiger partial charge in [-0.1, -0.05) is 24.0 Å². The number of alkyl halides is 1. The first-order valence-corrected chi connectivity index (χ1v) is 10.2. The van der Waals surface area contributed by atoms with Crippen LogP contribution in [0, 0.1) is 17.8 Å². The highest BCUT2D eigenvalue weighted by atomic mass is 19.1. The van der Waals surface area contributed by atoms with Crippen LogP contribution >= 0.6 is 0 Å². The van der Waals surface area contributed by atoms with Crippen LogP contribution in [0.5, 0.6) is 5.75 Å². The van der Waals surface area contributed by atoms with Crippen molar-refractivity contribution in [2.45, 2.75) is 64.5 Å². The Labute approximate surface area is 165 Å². The van der Waals surface area contributed by atoms with Crippen LogP contribution in [0.1, 0.15) is 51.0 Å². The Morgan fingerprint density at radius 2 is 2.21 bits per heavy atom. The van der Waals surface area contributed by atoms with Gasteiger partial charge in [-0.15, -0.1) is 5.10 Å². The van der Waals surface area contributed by atoms with Crippen LogP contribution in [-0.2, 0) is 11.3 Å². The number of rotatable bonds is 6. The Bertz CT molecular complexity index is 860. The largest absolute Gasteiger partial charge is 0.460 e. The van der Waals surface area contributed by atoms with Crippen molar-refractivity contribution < 1.29 is 13.9 Å². The van der Waals surface area contributed by atoms with Crippen LogP contribution in [0.3, 0.4) is 0 Å². The molecule has 0 spiro atoms. The van der Waals surface area contributed by atoms with E-state index in [0.717, 1.165) is 30.6 Å². The van der Waals surface area contributed by atoms with E-state index in [4.69, 9.17) is 9.47 Å². The lowest BCUT2D eigenvalue weighted by Crippen LogP contribution is -2.24. The highest BCUT2D eigenvalue weighted by Crippen LogP contribution is 2.32. The molecule has 1 saturated heterocycles. The number of halogens is 1.